The Bertz CT molecular complexity index is 531. The van der Waals surface area contributed by atoms with Gasteiger partial charge < -0.3 is 10.4 Å². The predicted molar refractivity (Wildman–Crippen MR) is 69.1 cm³/mol. The third kappa shape index (κ3) is 2.79. The predicted octanol–water partition coefficient (Wildman–Crippen LogP) is 3.34. The fourth-order valence-corrected chi connectivity index (χ4v) is 3.61. The zero-order valence-electron chi connectivity index (χ0n) is 11.4. The van der Waals surface area contributed by atoms with E-state index in [0.717, 1.165) is 31.4 Å². The summed E-state index contributed by atoms with van der Waals surface area (Å²) < 4.78 is 52.4. The number of rotatable bonds is 1. The van der Waals surface area contributed by atoms with Gasteiger partial charge in [0.15, 0.2) is 0 Å². The van der Waals surface area contributed by atoms with Gasteiger partial charge in [0.2, 0.25) is 0 Å². The van der Waals surface area contributed by atoms with Gasteiger partial charge in [-0.2, -0.15) is 13.2 Å². The molecule has 2 bridgehead atoms. The molecule has 0 amide bonds. The highest BCUT2D eigenvalue weighted by Gasteiger charge is 2.44. The summed E-state index contributed by atoms with van der Waals surface area (Å²) in [6, 6.07) is 2.35. The molecule has 3 rings (SSSR count). The maximum absolute atomic E-state index is 14.0. The van der Waals surface area contributed by atoms with Gasteiger partial charge in [0.1, 0.15) is 5.82 Å². The third-order valence-corrected chi connectivity index (χ3v) is 4.54. The van der Waals surface area contributed by atoms with Crippen LogP contribution >= 0.6 is 0 Å². The lowest BCUT2D eigenvalue weighted by Gasteiger charge is -2.45. The highest BCUT2D eigenvalue weighted by atomic mass is 19.4. The molecule has 2 aliphatic heterocycles. The standard InChI is InChI=1S/C15H17F4NO/c16-13-5-4-9(15(17,18)19)6-12(13)14(21)7-10-2-1-3-11(8-14)20-10/h4-6,10-11,20-21H,1-3,7-8H2. The molecule has 2 fully saturated rings. The largest absolute Gasteiger partial charge is 0.416 e. The second-order valence-corrected chi connectivity index (χ2v) is 6.12. The number of hydrogen-bond donors (Lipinski definition) is 2. The van der Waals surface area contributed by atoms with Crippen LogP contribution in [0, 0.1) is 5.82 Å². The summed E-state index contributed by atoms with van der Waals surface area (Å²) >= 11 is 0. The number of fused-ring (bicyclic) bond motifs is 2. The molecular weight excluding hydrogens is 286 g/mol. The summed E-state index contributed by atoms with van der Waals surface area (Å²) in [5, 5.41) is 14.1. The molecule has 2 heterocycles. The number of hydrogen-bond acceptors (Lipinski definition) is 2. The number of halogens is 4. The Labute approximate surface area is 120 Å². The average molecular weight is 303 g/mol. The molecule has 0 radical (unpaired) electrons. The van der Waals surface area contributed by atoms with Crippen molar-refractivity contribution >= 4 is 0 Å². The van der Waals surface area contributed by atoms with Crippen LogP contribution in [0.1, 0.15) is 43.2 Å². The Hall–Kier alpha value is -1.14. The minimum Gasteiger partial charge on any atom is -0.385 e. The van der Waals surface area contributed by atoms with Crippen molar-refractivity contribution in [2.45, 2.75) is 56.0 Å². The second-order valence-electron chi connectivity index (χ2n) is 6.12. The Kier molecular flexibility index (Phi) is 3.48. The number of piperidine rings is 2. The third-order valence-electron chi connectivity index (χ3n) is 4.54. The summed E-state index contributed by atoms with van der Waals surface area (Å²) in [5.41, 5.74) is -2.67. The number of aliphatic hydroxyl groups is 1. The smallest absolute Gasteiger partial charge is 0.385 e. The van der Waals surface area contributed by atoms with Crippen LogP contribution in [0.2, 0.25) is 0 Å². The van der Waals surface area contributed by atoms with E-state index in [4.69, 9.17) is 0 Å². The number of nitrogens with one attached hydrogen (secondary N) is 1. The Balaban J connectivity index is 1.98. The lowest BCUT2D eigenvalue weighted by atomic mass is 9.73. The van der Waals surface area contributed by atoms with Gasteiger partial charge in [0, 0.05) is 17.6 Å². The zero-order valence-corrected chi connectivity index (χ0v) is 11.4. The zero-order chi connectivity index (χ0) is 15.3. The minimum absolute atomic E-state index is 0.0384. The van der Waals surface area contributed by atoms with Crippen molar-refractivity contribution in [2.75, 3.05) is 0 Å². The molecule has 1 aromatic carbocycles. The van der Waals surface area contributed by atoms with Crippen LogP contribution in [0.3, 0.4) is 0 Å². The number of alkyl halides is 3. The van der Waals surface area contributed by atoms with E-state index in [0.29, 0.717) is 6.07 Å². The van der Waals surface area contributed by atoms with Crippen LogP contribution < -0.4 is 5.32 Å². The monoisotopic (exact) mass is 303 g/mol. The number of benzene rings is 1. The molecule has 0 saturated carbocycles. The first kappa shape index (κ1) is 14.8. The topological polar surface area (TPSA) is 32.3 Å². The first-order valence-electron chi connectivity index (χ1n) is 7.14. The summed E-state index contributed by atoms with van der Waals surface area (Å²) in [6.07, 6.45) is -1.28. The van der Waals surface area contributed by atoms with E-state index < -0.39 is 23.2 Å². The normalized spacial score (nSPS) is 33.0. The van der Waals surface area contributed by atoms with E-state index in [1.807, 2.05) is 0 Å². The molecule has 116 valence electrons. The van der Waals surface area contributed by atoms with Crippen LogP contribution in [-0.4, -0.2) is 17.2 Å². The van der Waals surface area contributed by atoms with Gasteiger partial charge in [-0.15, -0.1) is 0 Å². The molecular formula is C15H17F4NO. The maximum Gasteiger partial charge on any atom is 0.416 e. The van der Waals surface area contributed by atoms with Crippen molar-refractivity contribution in [3.63, 3.8) is 0 Å². The molecule has 2 aliphatic rings. The molecule has 0 spiro atoms. The van der Waals surface area contributed by atoms with Gasteiger partial charge in [0.25, 0.3) is 0 Å². The van der Waals surface area contributed by atoms with E-state index >= 15 is 0 Å². The van der Waals surface area contributed by atoms with E-state index in [9.17, 15) is 22.7 Å². The van der Waals surface area contributed by atoms with Crippen LogP contribution in [0.4, 0.5) is 17.6 Å². The van der Waals surface area contributed by atoms with Crippen LogP contribution in [0.5, 0.6) is 0 Å². The average Bonchev–Trinajstić information content (AvgIpc) is 2.36. The molecule has 2 N–H and O–H groups in total. The van der Waals surface area contributed by atoms with E-state index in [1.165, 1.54) is 0 Å². The molecule has 0 aromatic heterocycles. The molecule has 2 atom stereocenters. The highest BCUT2D eigenvalue weighted by Crippen LogP contribution is 2.42. The van der Waals surface area contributed by atoms with Crippen molar-refractivity contribution in [3.8, 4) is 0 Å². The van der Waals surface area contributed by atoms with Gasteiger partial charge in [-0.3, -0.25) is 0 Å². The first-order valence-corrected chi connectivity index (χ1v) is 7.14. The first-order chi connectivity index (χ1) is 9.78. The van der Waals surface area contributed by atoms with E-state index in [-0.39, 0.29) is 30.5 Å². The van der Waals surface area contributed by atoms with Crippen molar-refractivity contribution in [1.82, 2.24) is 5.32 Å². The molecule has 6 heteroatoms. The Morgan fingerprint density at radius 2 is 1.76 bits per heavy atom. The van der Waals surface area contributed by atoms with Gasteiger partial charge in [-0.25, -0.2) is 4.39 Å². The minimum atomic E-state index is -4.54. The van der Waals surface area contributed by atoms with Crippen molar-refractivity contribution in [3.05, 3.63) is 35.1 Å². The maximum atomic E-state index is 14.0. The van der Waals surface area contributed by atoms with Gasteiger partial charge >= 0.3 is 6.18 Å². The lowest BCUT2D eigenvalue weighted by molar-refractivity contribution is -0.137. The molecule has 2 unspecified atom stereocenters. The molecule has 21 heavy (non-hydrogen) atoms. The quantitative estimate of drug-likeness (QED) is 0.780. The van der Waals surface area contributed by atoms with Crippen molar-refractivity contribution in [1.29, 1.82) is 0 Å². The SMILES string of the molecule is OC1(c2cc(C(F)(F)F)ccc2F)CC2CCCC(C1)N2. The molecule has 1 aromatic rings. The van der Waals surface area contributed by atoms with E-state index in [2.05, 4.69) is 5.32 Å². The lowest BCUT2D eigenvalue weighted by Crippen LogP contribution is -2.54. The molecule has 0 aliphatic carbocycles. The summed E-state index contributed by atoms with van der Waals surface area (Å²) in [4.78, 5) is 0. The van der Waals surface area contributed by atoms with Gasteiger partial charge in [-0.1, -0.05) is 6.42 Å². The van der Waals surface area contributed by atoms with Crippen molar-refractivity contribution in [2.24, 2.45) is 0 Å². The van der Waals surface area contributed by atoms with Crippen LogP contribution in [0.25, 0.3) is 0 Å². The Morgan fingerprint density at radius 1 is 1.14 bits per heavy atom. The van der Waals surface area contributed by atoms with Crippen LogP contribution in [0.15, 0.2) is 18.2 Å². The fraction of sp³-hybridized carbons (Fsp3) is 0.600. The van der Waals surface area contributed by atoms with Crippen molar-refractivity contribution < 1.29 is 22.7 Å². The fourth-order valence-electron chi connectivity index (χ4n) is 3.61. The summed E-state index contributed by atoms with van der Waals surface area (Å²) in [6.45, 7) is 0. The highest BCUT2D eigenvalue weighted by molar-refractivity contribution is 5.32. The summed E-state index contributed by atoms with van der Waals surface area (Å²) in [5.74, 6) is -0.773. The van der Waals surface area contributed by atoms with Gasteiger partial charge in [0.05, 0.1) is 11.2 Å². The second kappa shape index (κ2) is 4.95. The van der Waals surface area contributed by atoms with Crippen LogP contribution in [-0.2, 0) is 11.8 Å². The Morgan fingerprint density at radius 3 is 2.33 bits per heavy atom. The van der Waals surface area contributed by atoms with E-state index in [1.54, 1.807) is 0 Å². The molecule has 2 saturated heterocycles. The molecule has 2 nitrogen and oxygen atoms in total. The van der Waals surface area contributed by atoms with Gasteiger partial charge in [-0.05, 0) is 43.9 Å². The summed E-state index contributed by atoms with van der Waals surface area (Å²) in [7, 11) is 0.